The van der Waals surface area contributed by atoms with Crippen LogP contribution in [0.25, 0.3) is 0 Å². The molecular formula is C19H18ClNO5. The molecule has 0 bridgehead atoms. The summed E-state index contributed by atoms with van der Waals surface area (Å²) in [5.74, 6) is 0.390. The Morgan fingerprint density at radius 1 is 1.08 bits per heavy atom. The Hall–Kier alpha value is -2.73. The molecule has 0 atom stereocenters. The van der Waals surface area contributed by atoms with Crippen molar-refractivity contribution >= 4 is 23.5 Å². The fourth-order valence-corrected chi connectivity index (χ4v) is 2.65. The summed E-state index contributed by atoms with van der Waals surface area (Å²) < 4.78 is 15.9. The van der Waals surface area contributed by atoms with E-state index in [-0.39, 0.29) is 25.5 Å². The standard InChI is InChI=1S/C19H18ClNO5/c20-15-4-2-1-3-14(15)11-21-18(22)12-26-19(23)10-13-5-6-16-17(9-13)25-8-7-24-16/h1-6,9H,7-8,10-12H2,(H,21,22). The lowest BCUT2D eigenvalue weighted by Crippen LogP contribution is -2.28. The third-order valence-corrected chi connectivity index (χ3v) is 4.12. The van der Waals surface area contributed by atoms with Crippen LogP contribution in [0.1, 0.15) is 11.1 Å². The van der Waals surface area contributed by atoms with Crippen molar-refractivity contribution < 1.29 is 23.8 Å². The van der Waals surface area contributed by atoms with Gasteiger partial charge in [0.05, 0.1) is 6.42 Å². The van der Waals surface area contributed by atoms with Crippen LogP contribution in [0, 0.1) is 0 Å². The first kappa shape index (κ1) is 18.1. The Balaban J connectivity index is 1.43. The highest BCUT2D eigenvalue weighted by Crippen LogP contribution is 2.30. The van der Waals surface area contributed by atoms with E-state index in [0.29, 0.717) is 29.7 Å². The number of carbonyl (C=O) groups is 2. The van der Waals surface area contributed by atoms with E-state index < -0.39 is 5.97 Å². The van der Waals surface area contributed by atoms with Gasteiger partial charge in [-0.25, -0.2) is 0 Å². The fourth-order valence-electron chi connectivity index (χ4n) is 2.45. The summed E-state index contributed by atoms with van der Waals surface area (Å²) >= 11 is 6.02. The van der Waals surface area contributed by atoms with Crippen molar-refractivity contribution in [1.82, 2.24) is 5.32 Å². The Kier molecular flexibility index (Phi) is 5.96. The van der Waals surface area contributed by atoms with E-state index in [1.54, 1.807) is 24.3 Å². The molecule has 1 N–H and O–H groups in total. The SMILES string of the molecule is O=C(COC(=O)Cc1ccc2c(c1)OCCO2)NCc1ccccc1Cl. The summed E-state index contributed by atoms with van der Waals surface area (Å²) in [6, 6.07) is 12.5. The lowest BCUT2D eigenvalue weighted by molar-refractivity contribution is -0.147. The van der Waals surface area contributed by atoms with Crippen LogP contribution < -0.4 is 14.8 Å². The van der Waals surface area contributed by atoms with E-state index in [0.717, 1.165) is 11.1 Å². The molecule has 6 nitrogen and oxygen atoms in total. The van der Waals surface area contributed by atoms with Crippen LogP contribution in [-0.2, 0) is 27.3 Å². The van der Waals surface area contributed by atoms with Gasteiger partial charge in [-0.3, -0.25) is 9.59 Å². The van der Waals surface area contributed by atoms with Gasteiger partial charge in [-0.15, -0.1) is 0 Å². The predicted molar refractivity (Wildman–Crippen MR) is 95.4 cm³/mol. The number of rotatable bonds is 6. The molecule has 2 aromatic rings. The number of ether oxygens (including phenoxy) is 3. The number of fused-ring (bicyclic) bond motifs is 1. The van der Waals surface area contributed by atoms with Crippen LogP contribution >= 0.6 is 11.6 Å². The molecule has 0 saturated heterocycles. The molecule has 7 heteroatoms. The number of benzene rings is 2. The number of carbonyl (C=O) groups excluding carboxylic acids is 2. The second-order valence-corrected chi connectivity index (χ2v) is 6.09. The zero-order valence-corrected chi connectivity index (χ0v) is 14.8. The van der Waals surface area contributed by atoms with Crippen LogP contribution in [0.5, 0.6) is 11.5 Å². The topological polar surface area (TPSA) is 73.9 Å². The van der Waals surface area contributed by atoms with Gasteiger partial charge in [0.15, 0.2) is 18.1 Å². The molecule has 2 aromatic carbocycles. The number of halogens is 1. The highest BCUT2D eigenvalue weighted by molar-refractivity contribution is 6.31. The average molecular weight is 376 g/mol. The van der Waals surface area contributed by atoms with Gasteiger partial charge in [-0.1, -0.05) is 35.9 Å². The van der Waals surface area contributed by atoms with Gasteiger partial charge < -0.3 is 19.5 Å². The van der Waals surface area contributed by atoms with Crippen LogP contribution in [-0.4, -0.2) is 31.7 Å². The maximum absolute atomic E-state index is 11.9. The first-order valence-electron chi connectivity index (χ1n) is 8.16. The van der Waals surface area contributed by atoms with Crippen LogP contribution in [0.15, 0.2) is 42.5 Å². The summed E-state index contributed by atoms with van der Waals surface area (Å²) in [4.78, 5) is 23.7. The van der Waals surface area contributed by atoms with Gasteiger partial charge in [0.1, 0.15) is 13.2 Å². The lowest BCUT2D eigenvalue weighted by atomic mass is 10.1. The van der Waals surface area contributed by atoms with Crippen LogP contribution in [0.4, 0.5) is 0 Å². The normalized spacial score (nSPS) is 12.3. The molecule has 0 spiro atoms. The van der Waals surface area contributed by atoms with Crippen molar-refractivity contribution in [3.63, 3.8) is 0 Å². The number of hydrogen-bond donors (Lipinski definition) is 1. The van der Waals surface area contributed by atoms with Gasteiger partial charge in [0, 0.05) is 11.6 Å². The highest BCUT2D eigenvalue weighted by Gasteiger charge is 2.14. The molecule has 1 aliphatic rings. The van der Waals surface area contributed by atoms with Crippen molar-refractivity contribution in [2.45, 2.75) is 13.0 Å². The molecule has 1 heterocycles. The minimum Gasteiger partial charge on any atom is -0.486 e. The van der Waals surface area contributed by atoms with Gasteiger partial charge in [0.25, 0.3) is 5.91 Å². The number of esters is 1. The van der Waals surface area contributed by atoms with Crippen molar-refractivity contribution in [1.29, 1.82) is 0 Å². The van der Waals surface area contributed by atoms with E-state index in [2.05, 4.69) is 5.32 Å². The zero-order valence-electron chi connectivity index (χ0n) is 14.0. The Morgan fingerprint density at radius 2 is 1.85 bits per heavy atom. The number of amides is 1. The minimum absolute atomic E-state index is 0.0500. The maximum atomic E-state index is 11.9. The van der Waals surface area contributed by atoms with E-state index >= 15 is 0 Å². The fraction of sp³-hybridized carbons (Fsp3) is 0.263. The van der Waals surface area contributed by atoms with Crippen molar-refractivity contribution in [3.05, 3.63) is 58.6 Å². The quantitative estimate of drug-likeness (QED) is 0.785. The number of hydrogen-bond acceptors (Lipinski definition) is 5. The Bertz CT molecular complexity index is 808. The van der Waals surface area contributed by atoms with Gasteiger partial charge in [-0.2, -0.15) is 0 Å². The van der Waals surface area contributed by atoms with Gasteiger partial charge in [-0.05, 0) is 29.3 Å². The third-order valence-electron chi connectivity index (χ3n) is 3.75. The van der Waals surface area contributed by atoms with Gasteiger partial charge in [0.2, 0.25) is 0 Å². The first-order chi connectivity index (χ1) is 12.6. The second-order valence-electron chi connectivity index (χ2n) is 5.68. The highest BCUT2D eigenvalue weighted by atomic mass is 35.5. The summed E-state index contributed by atoms with van der Waals surface area (Å²) in [6.07, 6.45) is 0.0500. The van der Waals surface area contributed by atoms with E-state index in [1.807, 2.05) is 18.2 Å². The molecule has 0 aromatic heterocycles. The van der Waals surface area contributed by atoms with Crippen LogP contribution in [0.3, 0.4) is 0 Å². The largest absolute Gasteiger partial charge is 0.486 e. The van der Waals surface area contributed by atoms with Gasteiger partial charge >= 0.3 is 5.97 Å². The molecule has 1 amide bonds. The van der Waals surface area contributed by atoms with E-state index in [4.69, 9.17) is 25.8 Å². The summed E-state index contributed by atoms with van der Waals surface area (Å²) in [6.45, 7) is 0.927. The molecule has 3 rings (SSSR count). The summed E-state index contributed by atoms with van der Waals surface area (Å²) in [7, 11) is 0. The van der Waals surface area contributed by atoms with E-state index in [1.165, 1.54) is 0 Å². The predicted octanol–water partition coefficient (Wildman–Crippen LogP) is 2.51. The third kappa shape index (κ3) is 4.89. The Labute approximate surface area is 156 Å². The average Bonchev–Trinajstić information content (AvgIpc) is 2.65. The van der Waals surface area contributed by atoms with Crippen molar-refractivity contribution in [2.24, 2.45) is 0 Å². The summed E-state index contributed by atoms with van der Waals surface area (Å²) in [5.41, 5.74) is 1.53. The smallest absolute Gasteiger partial charge is 0.310 e. The Morgan fingerprint density at radius 3 is 2.65 bits per heavy atom. The molecule has 1 aliphatic heterocycles. The molecular weight excluding hydrogens is 358 g/mol. The summed E-state index contributed by atoms with van der Waals surface area (Å²) in [5, 5.41) is 3.24. The molecule has 0 aliphatic carbocycles. The van der Waals surface area contributed by atoms with Crippen molar-refractivity contribution in [2.75, 3.05) is 19.8 Å². The molecule has 0 radical (unpaired) electrons. The monoisotopic (exact) mass is 375 g/mol. The lowest BCUT2D eigenvalue weighted by Gasteiger charge is -2.18. The first-order valence-corrected chi connectivity index (χ1v) is 8.54. The van der Waals surface area contributed by atoms with Crippen LogP contribution in [0.2, 0.25) is 5.02 Å². The zero-order chi connectivity index (χ0) is 18.4. The molecule has 0 saturated carbocycles. The molecule has 0 unspecified atom stereocenters. The second kappa shape index (κ2) is 8.58. The number of nitrogens with one attached hydrogen (secondary N) is 1. The van der Waals surface area contributed by atoms with Crippen molar-refractivity contribution in [3.8, 4) is 11.5 Å². The minimum atomic E-state index is -0.491. The molecule has 0 fully saturated rings. The molecule has 26 heavy (non-hydrogen) atoms. The molecule has 136 valence electrons. The maximum Gasteiger partial charge on any atom is 0.310 e. The van der Waals surface area contributed by atoms with E-state index in [9.17, 15) is 9.59 Å².